The lowest BCUT2D eigenvalue weighted by atomic mass is 10.2. The number of aryl methyl sites for hydroxylation is 1. The van der Waals surface area contributed by atoms with Crippen molar-refractivity contribution in [1.29, 1.82) is 0 Å². The standard InChI is InChI=1S/C18H13ClN4O2S/c1-11-8-14(22-25-11)17(24)23(10-12-4-3-7-20-9-12)18-21-16-13(19)5-2-6-15(16)26-18/h2-9H,10H2,1H3. The molecule has 8 heteroatoms. The van der Waals surface area contributed by atoms with Crippen molar-refractivity contribution < 1.29 is 9.32 Å². The predicted octanol–water partition coefficient (Wildman–Crippen LogP) is 4.49. The van der Waals surface area contributed by atoms with Crippen molar-refractivity contribution in [2.75, 3.05) is 4.90 Å². The number of para-hydroxylation sites is 1. The monoisotopic (exact) mass is 384 g/mol. The third kappa shape index (κ3) is 3.18. The Morgan fingerprint density at radius 1 is 1.31 bits per heavy atom. The number of nitrogens with zero attached hydrogens (tertiary/aromatic N) is 4. The molecule has 1 aromatic carbocycles. The van der Waals surface area contributed by atoms with E-state index in [1.807, 2.05) is 24.3 Å². The molecule has 0 atom stereocenters. The van der Waals surface area contributed by atoms with E-state index in [4.69, 9.17) is 16.1 Å². The molecule has 0 saturated carbocycles. The van der Waals surface area contributed by atoms with Crippen LogP contribution >= 0.6 is 22.9 Å². The summed E-state index contributed by atoms with van der Waals surface area (Å²) in [4.78, 5) is 23.3. The molecule has 0 N–H and O–H groups in total. The molecule has 0 aliphatic carbocycles. The normalized spacial score (nSPS) is 11.0. The lowest BCUT2D eigenvalue weighted by Crippen LogP contribution is -2.30. The minimum Gasteiger partial charge on any atom is -0.361 e. The van der Waals surface area contributed by atoms with E-state index < -0.39 is 0 Å². The number of anilines is 1. The van der Waals surface area contributed by atoms with Gasteiger partial charge in [-0.1, -0.05) is 40.2 Å². The molecule has 4 aromatic rings. The van der Waals surface area contributed by atoms with Crippen LogP contribution in [0.2, 0.25) is 5.02 Å². The summed E-state index contributed by atoms with van der Waals surface area (Å²) in [6.45, 7) is 2.06. The first kappa shape index (κ1) is 16.7. The third-order valence-electron chi connectivity index (χ3n) is 3.75. The molecule has 0 spiro atoms. The molecule has 0 saturated heterocycles. The van der Waals surface area contributed by atoms with Gasteiger partial charge in [-0.15, -0.1) is 0 Å². The molecular formula is C18H13ClN4O2S. The van der Waals surface area contributed by atoms with Gasteiger partial charge in [0.1, 0.15) is 11.3 Å². The molecule has 0 radical (unpaired) electrons. The Balaban J connectivity index is 1.78. The van der Waals surface area contributed by atoms with Gasteiger partial charge in [0.15, 0.2) is 10.8 Å². The van der Waals surface area contributed by atoms with E-state index in [1.54, 1.807) is 36.4 Å². The highest BCUT2D eigenvalue weighted by Crippen LogP contribution is 2.34. The second-order valence-electron chi connectivity index (χ2n) is 5.66. The number of carbonyl (C=O) groups is 1. The number of hydrogen-bond donors (Lipinski definition) is 0. The van der Waals surface area contributed by atoms with Gasteiger partial charge in [0.2, 0.25) is 0 Å². The van der Waals surface area contributed by atoms with Crippen molar-refractivity contribution >= 4 is 44.2 Å². The average Bonchev–Trinajstić information content (AvgIpc) is 3.27. The van der Waals surface area contributed by atoms with Crippen molar-refractivity contribution in [3.8, 4) is 0 Å². The van der Waals surface area contributed by atoms with Crippen LogP contribution in [0.1, 0.15) is 21.8 Å². The number of thiazole rings is 1. The van der Waals surface area contributed by atoms with E-state index in [1.165, 1.54) is 11.3 Å². The van der Waals surface area contributed by atoms with Crippen LogP contribution in [0.25, 0.3) is 10.2 Å². The summed E-state index contributed by atoms with van der Waals surface area (Å²) in [5.74, 6) is 0.280. The number of fused-ring (bicyclic) bond motifs is 1. The number of hydrogen-bond acceptors (Lipinski definition) is 6. The summed E-state index contributed by atoms with van der Waals surface area (Å²) in [7, 11) is 0. The smallest absolute Gasteiger partial charge is 0.282 e. The van der Waals surface area contributed by atoms with Gasteiger partial charge in [-0.2, -0.15) is 0 Å². The molecule has 0 aliphatic heterocycles. The maximum Gasteiger partial charge on any atom is 0.282 e. The van der Waals surface area contributed by atoms with Crippen molar-refractivity contribution in [2.24, 2.45) is 0 Å². The first-order chi connectivity index (χ1) is 12.6. The van der Waals surface area contributed by atoms with Gasteiger partial charge >= 0.3 is 0 Å². The number of rotatable bonds is 4. The lowest BCUT2D eigenvalue weighted by Gasteiger charge is -2.18. The van der Waals surface area contributed by atoms with E-state index >= 15 is 0 Å². The van der Waals surface area contributed by atoms with Crippen LogP contribution in [-0.2, 0) is 6.54 Å². The number of amides is 1. The van der Waals surface area contributed by atoms with Crippen molar-refractivity contribution in [1.82, 2.24) is 15.1 Å². The minimum absolute atomic E-state index is 0.233. The van der Waals surface area contributed by atoms with Crippen LogP contribution in [0.3, 0.4) is 0 Å². The van der Waals surface area contributed by atoms with Gasteiger partial charge < -0.3 is 4.52 Å². The van der Waals surface area contributed by atoms with Crippen LogP contribution in [0.15, 0.2) is 53.3 Å². The molecule has 0 aliphatic rings. The van der Waals surface area contributed by atoms with Crippen molar-refractivity contribution in [3.63, 3.8) is 0 Å². The highest BCUT2D eigenvalue weighted by atomic mass is 35.5. The summed E-state index contributed by atoms with van der Waals surface area (Å²) >= 11 is 7.64. The second kappa shape index (κ2) is 6.86. The minimum atomic E-state index is -0.291. The number of benzene rings is 1. The number of pyridine rings is 1. The predicted molar refractivity (Wildman–Crippen MR) is 101 cm³/mol. The first-order valence-electron chi connectivity index (χ1n) is 7.81. The van der Waals surface area contributed by atoms with E-state index in [0.29, 0.717) is 28.0 Å². The highest BCUT2D eigenvalue weighted by Gasteiger charge is 2.24. The largest absolute Gasteiger partial charge is 0.361 e. The van der Waals surface area contributed by atoms with Crippen LogP contribution in [0.5, 0.6) is 0 Å². The quantitative estimate of drug-likeness (QED) is 0.518. The molecule has 1 amide bonds. The van der Waals surface area contributed by atoms with Gasteiger partial charge in [0.05, 0.1) is 16.3 Å². The lowest BCUT2D eigenvalue weighted by molar-refractivity contribution is 0.0976. The number of halogens is 1. The average molecular weight is 385 g/mol. The Labute approximate surface area is 158 Å². The zero-order chi connectivity index (χ0) is 18.1. The SMILES string of the molecule is Cc1cc(C(=O)N(Cc2cccnc2)c2nc3c(Cl)cccc3s2)no1. The molecule has 0 fully saturated rings. The maximum absolute atomic E-state index is 13.0. The van der Waals surface area contributed by atoms with E-state index in [0.717, 1.165) is 10.3 Å². The van der Waals surface area contributed by atoms with Crippen molar-refractivity contribution in [2.45, 2.75) is 13.5 Å². The molecular weight excluding hydrogens is 372 g/mol. The van der Waals surface area contributed by atoms with Crippen molar-refractivity contribution in [3.05, 3.63) is 70.8 Å². The summed E-state index contributed by atoms with van der Waals surface area (Å²) in [5, 5.41) is 4.94. The molecule has 26 heavy (non-hydrogen) atoms. The Hall–Kier alpha value is -2.77. The summed E-state index contributed by atoms with van der Waals surface area (Å²) < 4.78 is 5.96. The van der Waals surface area contributed by atoms with E-state index in [2.05, 4.69) is 15.1 Å². The molecule has 130 valence electrons. The fourth-order valence-electron chi connectivity index (χ4n) is 2.52. The molecule has 3 heterocycles. The second-order valence-corrected chi connectivity index (χ2v) is 7.07. The van der Waals surface area contributed by atoms with Crippen LogP contribution in [0.4, 0.5) is 5.13 Å². The van der Waals surface area contributed by atoms with Crippen LogP contribution in [0, 0.1) is 6.92 Å². The number of aromatic nitrogens is 3. The fraction of sp³-hybridized carbons (Fsp3) is 0.111. The Morgan fingerprint density at radius 3 is 2.88 bits per heavy atom. The molecule has 3 aromatic heterocycles. The van der Waals surface area contributed by atoms with Crippen LogP contribution in [-0.4, -0.2) is 21.0 Å². The third-order valence-corrected chi connectivity index (χ3v) is 5.09. The summed E-state index contributed by atoms with van der Waals surface area (Å²) in [6, 6.07) is 10.9. The van der Waals surface area contributed by atoms with E-state index in [-0.39, 0.29) is 11.6 Å². The maximum atomic E-state index is 13.0. The fourth-order valence-corrected chi connectivity index (χ4v) is 3.79. The zero-order valence-corrected chi connectivity index (χ0v) is 15.3. The van der Waals surface area contributed by atoms with Gasteiger partial charge in [0, 0.05) is 18.5 Å². The molecule has 6 nitrogen and oxygen atoms in total. The summed E-state index contributed by atoms with van der Waals surface area (Å²) in [6.07, 6.45) is 3.41. The first-order valence-corrected chi connectivity index (χ1v) is 9.00. The molecule has 0 unspecified atom stereocenters. The van der Waals surface area contributed by atoms with Gasteiger partial charge in [-0.3, -0.25) is 14.7 Å². The van der Waals surface area contributed by atoms with Gasteiger partial charge in [0.25, 0.3) is 5.91 Å². The topological polar surface area (TPSA) is 72.1 Å². The Bertz CT molecular complexity index is 1080. The zero-order valence-electron chi connectivity index (χ0n) is 13.7. The van der Waals surface area contributed by atoms with Gasteiger partial charge in [-0.25, -0.2) is 4.98 Å². The Kier molecular flexibility index (Phi) is 4.40. The van der Waals surface area contributed by atoms with E-state index in [9.17, 15) is 4.79 Å². The summed E-state index contributed by atoms with van der Waals surface area (Å²) in [5.41, 5.74) is 1.79. The Morgan fingerprint density at radius 2 is 2.19 bits per heavy atom. The highest BCUT2D eigenvalue weighted by molar-refractivity contribution is 7.22. The van der Waals surface area contributed by atoms with Crippen LogP contribution < -0.4 is 4.90 Å². The number of carbonyl (C=O) groups excluding carboxylic acids is 1. The van der Waals surface area contributed by atoms with Gasteiger partial charge in [-0.05, 0) is 30.7 Å². The molecule has 0 bridgehead atoms. The molecule has 4 rings (SSSR count).